The second-order valence-electron chi connectivity index (χ2n) is 9.20. The Hall–Kier alpha value is -2.83. The molecular formula is C28H33N3O2S. The minimum atomic E-state index is -0.0320. The molecule has 0 aromatic heterocycles. The zero-order chi connectivity index (χ0) is 24.3. The Morgan fingerprint density at radius 2 is 1.88 bits per heavy atom. The minimum Gasteiger partial charge on any atom is -0.383 e. The molecule has 0 unspecified atom stereocenters. The largest absolute Gasteiger partial charge is 0.383 e. The van der Waals surface area contributed by atoms with Gasteiger partial charge in [-0.05, 0) is 80.4 Å². The number of rotatable bonds is 7. The second-order valence-corrected chi connectivity index (χ2v) is 10.2. The predicted molar refractivity (Wildman–Crippen MR) is 145 cm³/mol. The maximum Gasteiger partial charge on any atom is 0.266 e. The Labute approximate surface area is 207 Å². The number of hydrogen-bond acceptors (Lipinski definition) is 5. The van der Waals surface area contributed by atoms with E-state index in [0.717, 1.165) is 24.2 Å². The number of allylic oxidation sites excluding steroid dienone is 1. The van der Waals surface area contributed by atoms with Crippen molar-refractivity contribution in [2.75, 3.05) is 31.7 Å². The van der Waals surface area contributed by atoms with Crippen LogP contribution in [0, 0.1) is 0 Å². The third kappa shape index (κ3) is 4.98. The van der Waals surface area contributed by atoms with Gasteiger partial charge in [-0.25, -0.2) is 4.99 Å². The number of para-hydroxylation sites is 1. The van der Waals surface area contributed by atoms with Gasteiger partial charge in [-0.2, -0.15) is 0 Å². The van der Waals surface area contributed by atoms with Crippen LogP contribution in [0.1, 0.15) is 45.2 Å². The first-order valence-electron chi connectivity index (χ1n) is 11.8. The van der Waals surface area contributed by atoms with Crippen LogP contribution < -0.4 is 4.90 Å². The van der Waals surface area contributed by atoms with Crippen molar-refractivity contribution < 1.29 is 9.53 Å². The lowest BCUT2D eigenvalue weighted by molar-refractivity contribution is -0.122. The molecule has 34 heavy (non-hydrogen) atoms. The Bertz CT molecular complexity index is 1150. The van der Waals surface area contributed by atoms with Crippen LogP contribution in [0.3, 0.4) is 0 Å². The van der Waals surface area contributed by atoms with Crippen molar-refractivity contribution in [2.24, 2.45) is 4.99 Å². The number of hydrogen-bond donors (Lipinski definition) is 0. The highest BCUT2D eigenvalue weighted by atomic mass is 32.2. The molecule has 178 valence electrons. The Morgan fingerprint density at radius 3 is 2.59 bits per heavy atom. The maximum absolute atomic E-state index is 13.3. The summed E-state index contributed by atoms with van der Waals surface area (Å²) in [5.41, 5.74) is 5.58. The van der Waals surface area contributed by atoms with Gasteiger partial charge in [0.2, 0.25) is 0 Å². The van der Waals surface area contributed by atoms with E-state index in [1.54, 1.807) is 12.0 Å². The molecule has 0 atom stereocenters. The van der Waals surface area contributed by atoms with Gasteiger partial charge in [0, 0.05) is 24.9 Å². The van der Waals surface area contributed by atoms with Crippen LogP contribution in [0.15, 0.2) is 64.5 Å². The normalized spacial score (nSPS) is 19.7. The number of carbonyl (C=O) groups excluding carboxylic acids is 1. The standard InChI is InChI=1S/C28H33N3O2S/c1-6-14-31-24-13-12-21(17-23(24)20(2)19-28(31,3)4)18-25-26(32)30(15-16-33-5)27(34-25)29-22-10-8-7-9-11-22/h7-13,17-19H,6,14-16H2,1-5H3/b25-18+,29-27?. The number of methoxy groups -OCH3 is 1. The fourth-order valence-electron chi connectivity index (χ4n) is 4.56. The molecule has 0 N–H and O–H groups in total. The van der Waals surface area contributed by atoms with Gasteiger partial charge in [0.15, 0.2) is 5.17 Å². The van der Waals surface area contributed by atoms with Gasteiger partial charge in [-0.1, -0.05) is 37.3 Å². The van der Waals surface area contributed by atoms with E-state index in [1.165, 1.54) is 28.6 Å². The number of carbonyl (C=O) groups is 1. The van der Waals surface area contributed by atoms with Crippen molar-refractivity contribution >= 4 is 45.9 Å². The number of amidine groups is 1. The van der Waals surface area contributed by atoms with Crippen LogP contribution in [0.2, 0.25) is 0 Å². The molecule has 0 bridgehead atoms. The van der Waals surface area contributed by atoms with Gasteiger partial charge in [0.25, 0.3) is 5.91 Å². The van der Waals surface area contributed by atoms with Gasteiger partial charge < -0.3 is 9.64 Å². The number of benzene rings is 2. The molecule has 1 amide bonds. The summed E-state index contributed by atoms with van der Waals surface area (Å²) >= 11 is 1.42. The summed E-state index contributed by atoms with van der Waals surface area (Å²) < 4.78 is 5.24. The van der Waals surface area contributed by atoms with E-state index in [0.29, 0.717) is 23.2 Å². The summed E-state index contributed by atoms with van der Waals surface area (Å²) in [7, 11) is 1.64. The molecule has 6 heteroatoms. The first kappa shape index (κ1) is 24.3. The molecule has 2 aliphatic rings. The Balaban J connectivity index is 1.68. The van der Waals surface area contributed by atoms with Crippen molar-refractivity contribution in [3.8, 4) is 0 Å². The quantitative estimate of drug-likeness (QED) is 0.438. The zero-order valence-corrected chi connectivity index (χ0v) is 21.5. The first-order chi connectivity index (χ1) is 16.3. The maximum atomic E-state index is 13.3. The van der Waals surface area contributed by atoms with Crippen LogP contribution in [-0.2, 0) is 9.53 Å². The van der Waals surface area contributed by atoms with E-state index in [4.69, 9.17) is 9.73 Å². The van der Waals surface area contributed by atoms with Crippen molar-refractivity contribution in [1.82, 2.24) is 4.90 Å². The van der Waals surface area contributed by atoms with Crippen molar-refractivity contribution in [3.05, 3.63) is 70.6 Å². The van der Waals surface area contributed by atoms with Crippen LogP contribution in [0.25, 0.3) is 11.6 Å². The van der Waals surface area contributed by atoms with E-state index in [1.807, 2.05) is 36.4 Å². The molecule has 2 heterocycles. The zero-order valence-electron chi connectivity index (χ0n) is 20.7. The van der Waals surface area contributed by atoms with Crippen LogP contribution in [0.5, 0.6) is 0 Å². The predicted octanol–water partition coefficient (Wildman–Crippen LogP) is 6.35. The van der Waals surface area contributed by atoms with Gasteiger partial charge in [0.05, 0.1) is 29.3 Å². The molecule has 2 aromatic carbocycles. The molecular weight excluding hydrogens is 442 g/mol. The number of fused-ring (bicyclic) bond motifs is 1. The highest BCUT2D eigenvalue weighted by Gasteiger charge is 2.34. The SMILES string of the molecule is CCCN1c2ccc(/C=C3/SC(=Nc4ccccc4)N(CCOC)C3=O)cc2C(C)=CC1(C)C. The minimum absolute atomic E-state index is 0.0189. The van der Waals surface area contributed by atoms with Gasteiger partial charge in [-0.3, -0.25) is 9.69 Å². The van der Waals surface area contributed by atoms with Crippen molar-refractivity contribution in [1.29, 1.82) is 0 Å². The second kappa shape index (κ2) is 10.2. The highest BCUT2D eigenvalue weighted by Crippen LogP contribution is 2.40. The van der Waals surface area contributed by atoms with Gasteiger partial charge in [0.1, 0.15) is 0 Å². The highest BCUT2D eigenvalue weighted by molar-refractivity contribution is 8.18. The van der Waals surface area contributed by atoms with Gasteiger partial charge >= 0.3 is 0 Å². The summed E-state index contributed by atoms with van der Waals surface area (Å²) in [5, 5.41) is 0.685. The first-order valence-corrected chi connectivity index (χ1v) is 12.6. The fraction of sp³-hybridized carbons (Fsp3) is 0.357. The molecule has 4 rings (SSSR count). The number of nitrogens with zero attached hydrogens (tertiary/aromatic N) is 3. The average Bonchev–Trinajstić information content (AvgIpc) is 3.09. The molecule has 0 radical (unpaired) electrons. The summed E-state index contributed by atoms with van der Waals surface area (Å²) in [6, 6.07) is 16.2. The summed E-state index contributed by atoms with van der Waals surface area (Å²) in [4.78, 5) is 22.9. The Kier molecular flexibility index (Phi) is 7.29. The molecule has 0 spiro atoms. The molecule has 0 saturated carbocycles. The van der Waals surface area contributed by atoms with E-state index in [9.17, 15) is 4.79 Å². The summed E-state index contributed by atoms with van der Waals surface area (Å²) in [6.45, 7) is 10.9. The third-order valence-corrected chi connectivity index (χ3v) is 7.14. The molecule has 2 aliphatic heterocycles. The monoisotopic (exact) mass is 475 g/mol. The van der Waals surface area contributed by atoms with Crippen molar-refractivity contribution in [3.63, 3.8) is 0 Å². The van der Waals surface area contributed by atoms with E-state index >= 15 is 0 Å². The topological polar surface area (TPSA) is 45.1 Å². The fourth-order valence-corrected chi connectivity index (χ4v) is 5.58. The number of amides is 1. The van der Waals surface area contributed by atoms with Crippen LogP contribution in [-0.4, -0.2) is 48.3 Å². The number of anilines is 1. The molecule has 1 saturated heterocycles. The number of ether oxygens (including phenoxy) is 1. The van der Waals surface area contributed by atoms with Crippen LogP contribution in [0.4, 0.5) is 11.4 Å². The Morgan fingerprint density at radius 1 is 1.12 bits per heavy atom. The van der Waals surface area contributed by atoms with Crippen LogP contribution >= 0.6 is 11.8 Å². The lowest BCUT2D eigenvalue weighted by Gasteiger charge is -2.43. The smallest absolute Gasteiger partial charge is 0.266 e. The number of aliphatic imine (C=N–C) groups is 1. The van der Waals surface area contributed by atoms with Gasteiger partial charge in [-0.15, -0.1) is 0 Å². The average molecular weight is 476 g/mol. The molecule has 5 nitrogen and oxygen atoms in total. The summed E-state index contributed by atoms with van der Waals surface area (Å²) in [5.74, 6) is -0.0320. The summed E-state index contributed by atoms with van der Waals surface area (Å²) in [6.07, 6.45) is 5.42. The van der Waals surface area contributed by atoms with Crippen molar-refractivity contribution in [2.45, 2.75) is 39.7 Å². The molecule has 1 fully saturated rings. The van der Waals surface area contributed by atoms with E-state index in [2.05, 4.69) is 56.9 Å². The van der Waals surface area contributed by atoms with E-state index in [-0.39, 0.29) is 11.4 Å². The molecule has 0 aliphatic carbocycles. The third-order valence-electron chi connectivity index (χ3n) is 6.13. The number of thioether (sulfide) groups is 1. The lowest BCUT2D eigenvalue weighted by Crippen LogP contribution is -2.45. The van der Waals surface area contributed by atoms with E-state index < -0.39 is 0 Å². The lowest BCUT2D eigenvalue weighted by atomic mass is 9.88. The molecule has 2 aromatic rings.